The van der Waals surface area contributed by atoms with Crippen LogP contribution in [0.15, 0.2) is 54.9 Å². The molecule has 1 unspecified atom stereocenters. The van der Waals surface area contributed by atoms with Gasteiger partial charge in [0.05, 0.1) is 12.9 Å². The Morgan fingerprint density at radius 2 is 1.53 bits per heavy atom. The van der Waals surface area contributed by atoms with Crippen molar-refractivity contribution in [2.75, 3.05) is 0 Å². The number of amides is 3. The van der Waals surface area contributed by atoms with Gasteiger partial charge in [0.25, 0.3) is 11.8 Å². The Morgan fingerprint density at radius 3 is 2.08 bits per heavy atom. The number of carbonyl (C=O) groups excluding carboxylic acids is 3. The van der Waals surface area contributed by atoms with Crippen LogP contribution in [0.2, 0.25) is 0 Å². The SMILES string of the molecule is CC1(C(=O)NCc2ccc(F)cc2)Cn2cnc(C(=O)NCc3ccc(F)cc3)c2C(=O)N1C1CC1. The summed E-state index contributed by atoms with van der Waals surface area (Å²) in [4.78, 5) is 45.7. The molecule has 1 aromatic heterocycles. The maximum Gasteiger partial charge on any atom is 0.274 e. The molecule has 186 valence electrons. The number of benzene rings is 2. The minimum Gasteiger partial charge on any atom is -0.350 e. The summed E-state index contributed by atoms with van der Waals surface area (Å²) in [5.74, 6) is -2.02. The lowest BCUT2D eigenvalue weighted by Gasteiger charge is -2.44. The minimum atomic E-state index is -1.19. The van der Waals surface area contributed by atoms with Gasteiger partial charge in [0.15, 0.2) is 5.69 Å². The standard InChI is InChI=1S/C26H25F2N5O3/c1-26(25(36)30-13-17-4-8-19(28)9-5-17)14-32-15-31-21(22(32)24(35)33(26)20-10-11-20)23(34)29-12-16-2-6-18(27)7-3-16/h2-9,15,20H,10-14H2,1H3,(H,29,34)(H,30,36). The highest BCUT2D eigenvalue weighted by Gasteiger charge is 2.53. The average Bonchev–Trinajstić information content (AvgIpc) is 3.60. The predicted molar refractivity (Wildman–Crippen MR) is 126 cm³/mol. The second-order valence-electron chi connectivity index (χ2n) is 9.37. The van der Waals surface area contributed by atoms with E-state index in [4.69, 9.17) is 0 Å². The van der Waals surface area contributed by atoms with Crippen LogP contribution in [0.1, 0.15) is 51.9 Å². The summed E-state index contributed by atoms with van der Waals surface area (Å²) in [6.07, 6.45) is 2.94. The van der Waals surface area contributed by atoms with Crippen molar-refractivity contribution in [2.24, 2.45) is 0 Å². The summed E-state index contributed by atoms with van der Waals surface area (Å²) < 4.78 is 27.9. The van der Waals surface area contributed by atoms with Crippen molar-refractivity contribution >= 4 is 17.7 Å². The average molecular weight is 494 g/mol. The Balaban J connectivity index is 1.35. The molecule has 2 aliphatic rings. The highest BCUT2D eigenvalue weighted by atomic mass is 19.1. The van der Waals surface area contributed by atoms with Crippen molar-refractivity contribution in [3.63, 3.8) is 0 Å². The van der Waals surface area contributed by atoms with Gasteiger partial charge in [-0.1, -0.05) is 24.3 Å². The first-order chi connectivity index (χ1) is 17.3. The summed E-state index contributed by atoms with van der Waals surface area (Å²) in [5, 5.41) is 5.59. The van der Waals surface area contributed by atoms with E-state index in [1.165, 1.54) is 30.6 Å². The quantitative estimate of drug-likeness (QED) is 0.529. The van der Waals surface area contributed by atoms with Crippen molar-refractivity contribution in [1.29, 1.82) is 0 Å². The molecule has 8 nitrogen and oxygen atoms in total. The molecule has 36 heavy (non-hydrogen) atoms. The number of hydrogen-bond donors (Lipinski definition) is 2. The van der Waals surface area contributed by atoms with Crippen LogP contribution < -0.4 is 10.6 Å². The van der Waals surface area contributed by atoms with Crippen LogP contribution in [0.3, 0.4) is 0 Å². The molecule has 2 N–H and O–H groups in total. The number of fused-ring (bicyclic) bond motifs is 1. The normalized spacial score (nSPS) is 19.1. The molecule has 1 atom stereocenters. The molecular formula is C26H25F2N5O3. The smallest absolute Gasteiger partial charge is 0.274 e. The molecule has 1 aliphatic heterocycles. The first kappa shape index (κ1) is 23.7. The lowest BCUT2D eigenvalue weighted by molar-refractivity contribution is -0.133. The van der Waals surface area contributed by atoms with Gasteiger partial charge in [-0.3, -0.25) is 14.4 Å². The lowest BCUT2D eigenvalue weighted by atomic mass is 9.93. The van der Waals surface area contributed by atoms with Crippen LogP contribution >= 0.6 is 0 Å². The Morgan fingerprint density at radius 1 is 0.972 bits per heavy atom. The van der Waals surface area contributed by atoms with Crippen LogP contribution in [0, 0.1) is 11.6 Å². The largest absolute Gasteiger partial charge is 0.350 e. The fraction of sp³-hybridized carbons (Fsp3) is 0.308. The third kappa shape index (κ3) is 4.46. The van der Waals surface area contributed by atoms with Crippen molar-refractivity contribution in [3.05, 3.63) is 89.0 Å². The number of imidazole rings is 1. The van der Waals surface area contributed by atoms with E-state index in [0.717, 1.165) is 18.4 Å². The molecule has 2 heterocycles. The highest BCUT2D eigenvalue weighted by molar-refractivity contribution is 6.07. The van der Waals surface area contributed by atoms with E-state index in [-0.39, 0.29) is 54.6 Å². The zero-order chi connectivity index (χ0) is 25.4. The first-order valence-electron chi connectivity index (χ1n) is 11.7. The molecule has 2 aromatic carbocycles. The number of nitrogens with one attached hydrogen (secondary N) is 2. The van der Waals surface area contributed by atoms with Gasteiger partial charge in [0, 0.05) is 19.1 Å². The molecule has 1 aliphatic carbocycles. The predicted octanol–water partition coefficient (Wildman–Crippen LogP) is 2.78. The number of halogens is 2. The molecule has 0 saturated heterocycles. The molecule has 0 bridgehead atoms. The number of carbonyl (C=O) groups is 3. The van der Waals surface area contributed by atoms with Gasteiger partial charge >= 0.3 is 0 Å². The fourth-order valence-corrected chi connectivity index (χ4v) is 4.56. The third-order valence-electron chi connectivity index (χ3n) is 6.62. The van der Waals surface area contributed by atoms with Crippen LogP contribution in [0.4, 0.5) is 8.78 Å². The fourth-order valence-electron chi connectivity index (χ4n) is 4.56. The van der Waals surface area contributed by atoms with E-state index in [0.29, 0.717) is 5.56 Å². The van der Waals surface area contributed by atoms with Crippen molar-refractivity contribution in [3.8, 4) is 0 Å². The van der Waals surface area contributed by atoms with Gasteiger partial charge in [0.1, 0.15) is 22.9 Å². The van der Waals surface area contributed by atoms with Crippen molar-refractivity contribution in [1.82, 2.24) is 25.1 Å². The molecule has 0 spiro atoms. The van der Waals surface area contributed by atoms with E-state index < -0.39 is 17.4 Å². The van der Waals surface area contributed by atoms with Crippen LogP contribution in [-0.2, 0) is 24.4 Å². The molecule has 0 radical (unpaired) electrons. The van der Waals surface area contributed by atoms with E-state index in [2.05, 4.69) is 15.6 Å². The second kappa shape index (κ2) is 9.18. The lowest BCUT2D eigenvalue weighted by Crippen LogP contribution is -2.64. The molecular weight excluding hydrogens is 468 g/mol. The van der Waals surface area contributed by atoms with E-state index in [9.17, 15) is 23.2 Å². The minimum absolute atomic E-state index is 0.0125. The monoisotopic (exact) mass is 493 g/mol. The number of rotatable bonds is 7. The van der Waals surface area contributed by atoms with Gasteiger partial charge in [-0.05, 0) is 55.2 Å². The topological polar surface area (TPSA) is 96.3 Å². The second-order valence-corrected chi connectivity index (χ2v) is 9.37. The van der Waals surface area contributed by atoms with Crippen molar-refractivity contribution < 1.29 is 23.2 Å². The maximum absolute atomic E-state index is 13.6. The third-order valence-corrected chi connectivity index (χ3v) is 6.62. The molecule has 10 heteroatoms. The van der Waals surface area contributed by atoms with Crippen LogP contribution in [0.25, 0.3) is 0 Å². The summed E-state index contributed by atoms with van der Waals surface area (Å²) in [5.41, 5.74) is 0.378. The van der Waals surface area contributed by atoms with Gasteiger partial charge < -0.3 is 20.1 Å². The zero-order valence-corrected chi connectivity index (χ0v) is 19.6. The Bertz CT molecular complexity index is 1320. The number of hydrogen-bond acceptors (Lipinski definition) is 4. The summed E-state index contributed by atoms with van der Waals surface area (Å²) in [7, 11) is 0. The number of aromatic nitrogens is 2. The summed E-state index contributed by atoms with van der Waals surface area (Å²) >= 11 is 0. The van der Waals surface area contributed by atoms with Gasteiger partial charge in [-0.25, -0.2) is 13.8 Å². The van der Waals surface area contributed by atoms with Crippen molar-refractivity contribution in [2.45, 2.75) is 51.0 Å². The summed E-state index contributed by atoms with van der Waals surface area (Å²) in [6, 6.07) is 11.5. The molecule has 1 saturated carbocycles. The Kier molecular flexibility index (Phi) is 6.03. The molecule has 3 amide bonds. The van der Waals surface area contributed by atoms with Gasteiger partial charge in [0.2, 0.25) is 5.91 Å². The first-order valence-corrected chi connectivity index (χ1v) is 11.7. The van der Waals surface area contributed by atoms with E-state index in [1.54, 1.807) is 40.7 Å². The highest BCUT2D eigenvalue weighted by Crippen LogP contribution is 2.38. The zero-order valence-electron chi connectivity index (χ0n) is 19.6. The Labute approximate surface area is 206 Å². The van der Waals surface area contributed by atoms with Crippen LogP contribution in [-0.4, -0.2) is 43.8 Å². The summed E-state index contributed by atoms with van der Waals surface area (Å²) in [6.45, 7) is 2.18. The van der Waals surface area contributed by atoms with E-state index in [1.807, 2.05) is 0 Å². The van der Waals surface area contributed by atoms with Gasteiger partial charge in [-0.15, -0.1) is 0 Å². The molecule has 3 aromatic rings. The van der Waals surface area contributed by atoms with Gasteiger partial charge in [-0.2, -0.15) is 0 Å². The van der Waals surface area contributed by atoms with Crippen LogP contribution in [0.5, 0.6) is 0 Å². The van der Waals surface area contributed by atoms with E-state index >= 15 is 0 Å². The molecule has 5 rings (SSSR count). The maximum atomic E-state index is 13.6. The number of nitrogens with zero attached hydrogens (tertiary/aromatic N) is 3. The molecule has 1 fully saturated rings. The Hall–Kier alpha value is -4.08.